The first-order valence-electron chi connectivity index (χ1n) is 2.22. The van der Waals surface area contributed by atoms with Crippen molar-refractivity contribution < 1.29 is 0 Å². The smallest absolute Gasteiger partial charge is 0.0350 e. The van der Waals surface area contributed by atoms with Gasteiger partial charge in [-0.3, -0.25) is 0 Å². The van der Waals surface area contributed by atoms with E-state index in [0.29, 0.717) is 0 Å². The zero-order chi connectivity index (χ0) is 4.83. The quantitative estimate of drug-likeness (QED) is 0.351. The number of allylic oxidation sites excluding steroid dienone is 1. The summed E-state index contributed by atoms with van der Waals surface area (Å²) in [6.45, 7) is 3.59. The normalized spacial score (nSPS) is 6.12. The van der Waals surface area contributed by atoms with Crippen molar-refractivity contribution in [2.24, 2.45) is 0 Å². The highest BCUT2D eigenvalue weighted by atomic mass is 35.5. The first-order chi connectivity index (χ1) is 2.91. The van der Waals surface area contributed by atoms with Crippen molar-refractivity contribution in [2.75, 3.05) is 6.16 Å². The first-order valence-corrected chi connectivity index (χ1v) is 3.04. The topological polar surface area (TPSA) is 0 Å². The molecule has 0 spiro atoms. The predicted molar refractivity (Wildman–Crippen MR) is 48.5 cm³/mol. The minimum atomic E-state index is 0. The number of halogens is 2. The fourth-order valence-electron chi connectivity index (χ4n) is 0.262. The summed E-state index contributed by atoms with van der Waals surface area (Å²) in [6.07, 6.45) is 5.56. The molecule has 0 amide bonds. The van der Waals surface area contributed by atoms with E-state index in [1.54, 1.807) is 0 Å². The van der Waals surface area contributed by atoms with Gasteiger partial charge < -0.3 is 0 Å². The van der Waals surface area contributed by atoms with Crippen LogP contribution < -0.4 is 0 Å². The van der Waals surface area contributed by atoms with Crippen LogP contribution in [0.3, 0.4) is 0 Å². The van der Waals surface area contributed by atoms with Crippen LogP contribution in [0, 0.1) is 0 Å². The second kappa shape index (κ2) is 15.7. The lowest BCUT2D eigenvalue weighted by Gasteiger charge is -1.82. The van der Waals surface area contributed by atoms with E-state index >= 15 is 0 Å². The standard InChI is InChI=1S/C5H11P.2ClH/c1-2-3-4-5-6;;/h2H,1,3-6H2;2*1H. The van der Waals surface area contributed by atoms with Gasteiger partial charge in [-0.15, -0.1) is 40.6 Å². The lowest BCUT2D eigenvalue weighted by atomic mass is 10.3. The van der Waals surface area contributed by atoms with Crippen molar-refractivity contribution >= 4 is 34.1 Å². The van der Waals surface area contributed by atoms with Crippen molar-refractivity contribution in [1.29, 1.82) is 0 Å². The molecule has 3 heteroatoms. The van der Waals surface area contributed by atoms with E-state index in [-0.39, 0.29) is 24.8 Å². The second-order valence-corrected chi connectivity index (χ2v) is 1.80. The Morgan fingerprint density at radius 3 is 2.00 bits per heavy atom. The first kappa shape index (κ1) is 15.9. The summed E-state index contributed by atoms with van der Waals surface area (Å²) in [5, 5.41) is 0. The Labute approximate surface area is 66.1 Å². The van der Waals surface area contributed by atoms with Gasteiger partial charge in [0.2, 0.25) is 0 Å². The summed E-state index contributed by atoms with van der Waals surface area (Å²) in [4.78, 5) is 0. The summed E-state index contributed by atoms with van der Waals surface area (Å²) >= 11 is 0. The third-order valence-electron chi connectivity index (χ3n) is 0.612. The Kier molecular flexibility index (Phi) is 31.1. The molecule has 1 atom stereocenters. The van der Waals surface area contributed by atoms with Gasteiger partial charge in [0.05, 0.1) is 0 Å². The van der Waals surface area contributed by atoms with Gasteiger partial charge >= 0.3 is 0 Å². The third-order valence-corrected chi connectivity index (χ3v) is 1.02. The molecule has 0 rings (SSSR count). The van der Waals surface area contributed by atoms with Crippen LogP contribution in [0.1, 0.15) is 12.8 Å². The van der Waals surface area contributed by atoms with Crippen molar-refractivity contribution in [1.82, 2.24) is 0 Å². The van der Waals surface area contributed by atoms with Crippen LogP contribution in [0.15, 0.2) is 12.7 Å². The van der Waals surface area contributed by atoms with E-state index in [1.165, 1.54) is 12.6 Å². The highest BCUT2D eigenvalue weighted by Gasteiger charge is 1.71. The fourth-order valence-corrected chi connectivity index (χ4v) is 0.498. The molecule has 0 aromatic rings. The van der Waals surface area contributed by atoms with Crippen LogP contribution in [-0.4, -0.2) is 6.16 Å². The summed E-state index contributed by atoms with van der Waals surface area (Å²) in [5.41, 5.74) is 0. The molecule has 0 aliphatic rings. The van der Waals surface area contributed by atoms with E-state index in [9.17, 15) is 0 Å². The van der Waals surface area contributed by atoms with Crippen molar-refractivity contribution in [2.45, 2.75) is 12.8 Å². The molecular formula is C5H13Cl2P. The molecule has 0 N–H and O–H groups in total. The molecule has 8 heavy (non-hydrogen) atoms. The maximum absolute atomic E-state index is 3.59. The number of unbranched alkanes of at least 4 members (excludes halogenated alkanes) is 1. The molecule has 52 valence electrons. The molecule has 0 nitrogen and oxygen atoms in total. The van der Waals surface area contributed by atoms with E-state index in [4.69, 9.17) is 0 Å². The Bertz CT molecular complexity index is 39.4. The van der Waals surface area contributed by atoms with Gasteiger partial charge in [-0.1, -0.05) is 6.08 Å². The highest BCUT2D eigenvalue weighted by Crippen LogP contribution is 1.92. The Balaban J connectivity index is -0.000000125. The molecule has 0 saturated carbocycles. The minimum Gasteiger partial charge on any atom is -0.147 e. The third kappa shape index (κ3) is 15.9. The highest BCUT2D eigenvalue weighted by molar-refractivity contribution is 7.16. The van der Waals surface area contributed by atoms with Crippen molar-refractivity contribution in [3.63, 3.8) is 0 Å². The predicted octanol–water partition coefficient (Wildman–Crippen LogP) is 2.67. The maximum atomic E-state index is 3.59. The van der Waals surface area contributed by atoms with Gasteiger partial charge in [-0.2, -0.15) is 0 Å². The van der Waals surface area contributed by atoms with Crippen LogP contribution >= 0.6 is 34.1 Å². The summed E-state index contributed by atoms with van der Waals surface area (Å²) in [7, 11) is 2.68. The number of hydrogen-bond donors (Lipinski definition) is 0. The maximum Gasteiger partial charge on any atom is -0.0350 e. The lowest BCUT2D eigenvalue weighted by molar-refractivity contribution is 0.975. The van der Waals surface area contributed by atoms with Gasteiger partial charge in [0.1, 0.15) is 0 Å². The summed E-state index contributed by atoms with van der Waals surface area (Å²) in [6, 6.07) is 0. The Hall–Kier alpha value is 0.750. The average molecular weight is 175 g/mol. The number of hydrogen-bond acceptors (Lipinski definition) is 0. The number of rotatable bonds is 3. The van der Waals surface area contributed by atoms with Crippen LogP contribution in [0.4, 0.5) is 0 Å². The molecule has 0 saturated heterocycles. The van der Waals surface area contributed by atoms with E-state index < -0.39 is 0 Å². The Morgan fingerprint density at radius 2 is 1.88 bits per heavy atom. The second-order valence-electron chi connectivity index (χ2n) is 1.22. The molecule has 0 aliphatic heterocycles. The SMILES string of the molecule is C=CCCCP.Cl.Cl. The molecule has 0 bridgehead atoms. The van der Waals surface area contributed by atoms with Crippen LogP contribution in [0.5, 0.6) is 0 Å². The van der Waals surface area contributed by atoms with Gasteiger partial charge in [0.25, 0.3) is 0 Å². The average Bonchev–Trinajstić information content (AvgIpc) is 1.61. The van der Waals surface area contributed by atoms with Gasteiger partial charge in [-0.25, -0.2) is 0 Å². The fraction of sp³-hybridized carbons (Fsp3) is 0.600. The molecule has 1 unspecified atom stereocenters. The molecule has 0 aliphatic carbocycles. The largest absolute Gasteiger partial charge is 0.147 e. The zero-order valence-electron chi connectivity index (χ0n) is 4.80. The summed E-state index contributed by atoms with van der Waals surface area (Å²) < 4.78 is 0. The van der Waals surface area contributed by atoms with E-state index in [1.807, 2.05) is 6.08 Å². The molecular weight excluding hydrogens is 162 g/mol. The van der Waals surface area contributed by atoms with Crippen LogP contribution in [0.2, 0.25) is 0 Å². The van der Waals surface area contributed by atoms with Gasteiger partial charge in [0, 0.05) is 0 Å². The van der Waals surface area contributed by atoms with E-state index in [0.717, 1.165) is 6.42 Å². The molecule has 0 fully saturated rings. The monoisotopic (exact) mass is 174 g/mol. The van der Waals surface area contributed by atoms with Gasteiger partial charge in [-0.05, 0) is 19.0 Å². The van der Waals surface area contributed by atoms with Crippen LogP contribution in [0.25, 0.3) is 0 Å². The van der Waals surface area contributed by atoms with Gasteiger partial charge in [0.15, 0.2) is 0 Å². The van der Waals surface area contributed by atoms with E-state index in [2.05, 4.69) is 15.8 Å². The molecule has 0 heterocycles. The zero-order valence-corrected chi connectivity index (χ0v) is 7.59. The molecule has 0 aromatic heterocycles. The minimum absolute atomic E-state index is 0. The summed E-state index contributed by atoms with van der Waals surface area (Å²) in [5.74, 6) is 0. The molecule has 0 aromatic carbocycles. The lowest BCUT2D eigenvalue weighted by Crippen LogP contribution is -1.66. The van der Waals surface area contributed by atoms with Crippen molar-refractivity contribution in [3.05, 3.63) is 12.7 Å². The van der Waals surface area contributed by atoms with Crippen LogP contribution in [-0.2, 0) is 0 Å². The Morgan fingerprint density at radius 1 is 1.38 bits per heavy atom. The van der Waals surface area contributed by atoms with Crippen molar-refractivity contribution in [3.8, 4) is 0 Å². The molecule has 0 radical (unpaired) electrons.